The van der Waals surface area contributed by atoms with Gasteiger partial charge in [-0.25, -0.2) is 4.39 Å². The lowest BCUT2D eigenvalue weighted by molar-refractivity contribution is -0.131. The minimum atomic E-state index is -0.952. The fraction of sp³-hybridized carbons (Fsp3) is 0.455. The Kier molecular flexibility index (Phi) is 10.6. The molecule has 2 bridgehead atoms. The van der Waals surface area contributed by atoms with Crippen molar-refractivity contribution in [1.29, 1.82) is 0 Å². The van der Waals surface area contributed by atoms with Crippen molar-refractivity contribution in [2.45, 2.75) is 69.6 Å². The van der Waals surface area contributed by atoms with Crippen molar-refractivity contribution in [3.63, 3.8) is 0 Å². The molecule has 2 aromatic rings. The molecule has 1 saturated carbocycles. The summed E-state index contributed by atoms with van der Waals surface area (Å²) in [5, 5.41) is 17.7. The van der Waals surface area contributed by atoms with E-state index in [0.717, 1.165) is 30.4 Å². The minimum absolute atomic E-state index is 0.00678. The summed E-state index contributed by atoms with van der Waals surface area (Å²) in [7, 11) is 0. The number of aliphatic hydroxyl groups excluding tert-OH is 1. The molecule has 8 heteroatoms. The van der Waals surface area contributed by atoms with Crippen molar-refractivity contribution in [3.05, 3.63) is 77.1 Å². The van der Waals surface area contributed by atoms with E-state index in [1.54, 1.807) is 11.0 Å². The first-order valence-electron chi connectivity index (χ1n) is 14.5. The average molecular weight is 562 g/mol. The first-order valence-corrected chi connectivity index (χ1v) is 14.5. The van der Waals surface area contributed by atoms with Crippen LogP contribution in [0.5, 0.6) is 5.75 Å². The van der Waals surface area contributed by atoms with Crippen LogP contribution >= 0.6 is 0 Å². The van der Waals surface area contributed by atoms with Gasteiger partial charge in [0.15, 0.2) is 0 Å². The fourth-order valence-corrected chi connectivity index (χ4v) is 5.24. The number of halogens is 1. The fourth-order valence-electron chi connectivity index (χ4n) is 5.24. The van der Waals surface area contributed by atoms with Crippen LogP contribution < -0.4 is 15.4 Å². The van der Waals surface area contributed by atoms with Crippen LogP contribution in [0.3, 0.4) is 0 Å². The maximum Gasteiger partial charge on any atom is 0.222 e. The van der Waals surface area contributed by atoms with Crippen molar-refractivity contribution >= 4 is 11.8 Å². The number of terminal acetylenes is 1. The Morgan fingerprint density at radius 1 is 1.22 bits per heavy atom. The van der Waals surface area contributed by atoms with Gasteiger partial charge >= 0.3 is 0 Å². The number of benzene rings is 2. The van der Waals surface area contributed by atoms with Crippen LogP contribution in [0.25, 0.3) is 0 Å². The lowest BCUT2D eigenvalue weighted by Gasteiger charge is -2.27. The van der Waals surface area contributed by atoms with Gasteiger partial charge in [0.2, 0.25) is 11.8 Å². The molecule has 1 fully saturated rings. The summed E-state index contributed by atoms with van der Waals surface area (Å²) in [5.74, 6) is 2.30. The number of carbonyl (C=O) groups is 2. The van der Waals surface area contributed by atoms with Crippen LogP contribution in [0, 0.1) is 18.2 Å². The summed E-state index contributed by atoms with van der Waals surface area (Å²) in [5.41, 5.74) is 2.20. The molecular formula is C33H40FN3O4. The Morgan fingerprint density at radius 2 is 2.05 bits per heavy atom. The SMILES string of the molecule is C#Cc1cccc(C2(NCC(O)C3Cc4cc(F)cc(c4)OC/C=C/CN(CCC)C(=O)CCCC(=O)N3)CC2)c1. The molecule has 0 spiro atoms. The summed E-state index contributed by atoms with van der Waals surface area (Å²) in [6, 6.07) is 11.6. The van der Waals surface area contributed by atoms with Crippen LogP contribution in [-0.4, -0.2) is 60.2 Å². The van der Waals surface area contributed by atoms with Crippen LogP contribution in [0.1, 0.15) is 62.1 Å². The third-order valence-corrected chi connectivity index (χ3v) is 7.66. The molecule has 2 unspecified atom stereocenters. The monoisotopic (exact) mass is 561 g/mol. The van der Waals surface area contributed by atoms with Gasteiger partial charge in [0.05, 0.1) is 12.1 Å². The molecule has 1 heterocycles. The molecular weight excluding hydrogens is 521 g/mol. The normalized spacial score (nSPS) is 21.1. The van der Waals surface area contributed by atoms with E-state index in [1.165, 1.54) is 12.1 Å². The summed E-state index contributed by atoms with van der Waals surface area (Å²) in [4.78, 5) is 27.5. The quantitative estimate of drug-likeness (QED) is 0.353. The summed E-state index contributed by atoms with van der Waals surface area (Å²) in [6.45, 7) is 3.54. The van der Waals surface area contributed by atoms with E-state index >= 15 is 0 Å². The lowest BCUT2D eigenvalue weighted by atomic mass is 9.98. The smallest absolute Gasteiger partial charge is 0.222 e. The van der Waals surface area contributed by atoms with Crippen LogP contribution in [0.15, 0.2) is 54.6 Å². The minimum Gasteiger partial charge on any atom is -0.489 e. The second-order valence-corrected chi connectivity index (χ2v) is 10.9. The van der Waals surface area contributed by atoms with E-state index in [4.69, 9.17) is 11.2 Å². The first kappa shape index (κ1) is 30.3. The lowest BCUT2D eigenvalue weighted by Crippen LogP contribution is -2.50. The molecule has 2 aliphatic rings. The molecule has 3 N–H and O–H groups in total. The number of aliphatic hydroxyl groups is 1. The van der Waals surface area contributed by atoms with Gasteiger partial charge in [0.25, 0.3) is 0 Å². The van der Waals surface area contributed by atoms with Crippen LogP contribution in [0.2, 0.25) is 0 Å². The molecule has 2 atom stereocenters. The molecule has 2 amide bonds. The predicted molar refractivity (Wildman–Crippen MR) is 157 cm³/mol. The summed E-state index contributed by atoms with van der Waals surface area (Å²) in [6.07, 6.45) is 12.0. The first-order chi connectivity index (χ1) is 19.8. The topological polar surface area (TPSA) is 90.9 Å². The zero-order valence-corrected chi connectivity index (χ0v) is 23.7. The van der Waals surface area contributed by atoms with Crippen molar-refractivity contribution in [2.75, 3.05) is 26.2 Å². The maximum absolute atomic E-state index is 14.5. The molecule has 4 rings (SSSR count). The Hall–Kier alpha value is -3.67. The molecule has 0 saturated heterocycles. The molecule has 41 heavy (non-hydrogen) atoms. The third kappa shape index (κ3) is 8.66. The number of nitrogens with one attached hydrogen (secondary N) is 2. The number of amides is 2. The molecule has 1 aliphatic heterocycles. The van der Waals surface area contributed by atoms with Crippen molar-refractivity contribution in [3.8, 4) is 18.1 Å². The summed E-state index contributed by atoms with van der Waals surface area (Å²) < 4.78 is 20.3. The van der Waals surface area contributed by atoms with E-state index < -0.39 is 18.0 Å². The Labute approximate surface area is 242 Å². The molecule has 1 aliphatic carbocycles. The van der Waals surface area contributed by atoms with Gasteiger partial charge in [-0.2, -0.15) is 0 Å². The van der Waals surface area contributed by atoms with Gasteiger partial charge in [-0.3, -0.25) is 9.59 Å². The number of hydrogen-bond donors (Lipinski definition) is 3. The van der Waals surface area contributed by atoms with E-state index in [0.29, 0.717) is 30.8 Å². The number of carbonyl (C=O) groups excluding carboxylic acids is 2. The van der Waals surface area contributed by atoms with Gasteiger partial charge in [-0.05, 0) is 73.6 Å². The number of fused-ring (bicyclic) bond motifs is 2. The van der Waals surface area contributed by atoms with E-state index in [2.05, 4.69) is 16.6 Å². The molecule has 2 aromatic carbocycles. The van der Waals surface area contributed by atoms with Crippen LogP contribution in [-0.2, 0) is 21.5 Å². The number of hydrogen-bond acceptors (Lipinski definition) is 5. The second-order valence-electron chi connectivity index (χ2n) is 10.9. The molecule has 7 nitrogen and oxygen atoms in total. The van der Waals surface area contributed by atoms with Gasteiger partial charge in [-0.15, -0.1) is 6.42 Å². The van der Waals surface area contributed by atoms with E-state index in [9.17, 15) is 19.1 Å². The Bertz CT molecular complexity index is 1280. The van der Waals surface area contributed by atoms with Crippen molar-refractivity contribution < 1.29 is 23.8 Å². The number of rotatable bonds is 7. The van der Waals surface area contributed by atoms with Gasteiger partial charge in [-0.1, -0.05) is 31.1 Å². The highest BCUT2D eigenvalue weighted by atomic mass is 19.1. The zero-order valence-electron chi connectivity index (χ0n) is 23.7. The largest absolute Gasteiger partial charge is 0.489 e. The second kappa shape index (κ2) is 14.3. The molecule has 0 aromatic heterocycles. The third-order valence-electron chi connectivity index (χ3n) is 7.66. The van der Waals surface area contributed by atoms with Crippen molar-refractivity contribution in [1.82, 2.24) is 15.5 Å². The van der Waals surface area contributed by atoms with Gasteiger partial charge < -0.3 is 25.4 Å². The Morgan fingerprint density at radius 3 is 2.80 bits per heavy atom. The highest BCUT2D eigenvalue weighted by molar-refractivity contribution is 5.79. The van der Waals surface area contributed by atoms with Gasteiger partial charge in [0.1, 0.15) is 18.2 Å². The van der Waals surface area contributed by atoms with Crippen molar-refractivity contribution in [2.24, 2.45) is 0 Å². The summed E-state index contributed by atoms with van der Waals surface area (Å²) >= 11 is 0. The van der Waals surface area contributed by atoms with E-state index in [1.807, 2.05) is 43.3 Å². The highest BCUT2D eigenvalue weighted by Gasteiger charge is 2.44. The number of nitrogens with zero attached hydrogens (tertiary/aromatic N) is 1. The zero-order chi connectivity index (χ0) is 29.2. The Balaban J connectivity index is 1.50. The molecule has 218 valence electrons. The highest BCUT2D eigenvalue weighted by Crippen LogP contribution is 2.45. The predicted octanol–water partition coefficient (Wildman–Crippen LogP) is 3.83. The average Bonchev–Trinajstić information content (AvgIpc) is 3.75. The van der Waals surface area contributed by atoms with Crippen LogP contribution in [0.4, 0.5) is 4.39 Å². The van der Waals surface area contributed by atoms with E-state index in [-0.39, 0.29) is 49.8 Å². The molecule has 0 radical (unpaired) electrons. The van der Waals surface area contributed by atoms with Gasteiger partial charge in [0, 0.05) is 49.6 Å². The maximum atomic E-state index is 14.5. The standard InChI is InChI=1S/C33H40FN3O4/c1-3-15-37-16-5-6-17-41-28-20-25(19-27(34)22-28)21-29(36-31(39)11-8-12-32(37)40)30(38)23-35-33(13-14-33)26-10-7-9-24(4-2)18-26/h2,5-7,9-10,18-20,22,29-30,35,38H,3,8,11-17,21,23H2,1H3,(H,36,39)/b6-5+. The number of ether oxygens (including phenoxy) is 1.